The van der Waals surface area contributed by atoms with Gasteiger partial charge in [-0.25, -0.2) is 65.9 Å². The molecule has 17 heteroatoms. The van der Waals surface area contributed by atoms with E-state index in [-0.39, 0.29) is 54.7 Å². The first-order valence-electron chi connectivity index (χ1n) is 18.8. The van der Waals surface area contributed by atoms with Gasteiger partial charge in [-0.05, 0) is 83.9 Å². The zero-order chi connectivity index (χ0) is 47.4. The van der Waals surface area contributed by atoms with Gasteiger partial charge in [-0.1, -0.05) is 83.1 Å². The number of benzene rings is 3. The van der Waals surface area contributed by atoms with Crippen LogP contribution in [0.1, 0.15) is 83.1 Å². The van der Waals surface area contributed by atoms with Gasteiger partial charge in [0.25, 0.3) is 0 Å². The summed E-state index contributed by atoms with van der Waals surface area (Å²) >= 11 is 0. The van der Waals surface area contributed by atoms with Crippen LogP contribution < -0.4 is 16.4 Å². The van der Waals surface area contributed by atoms with Crippen molar-refractivity contribution < 1.29 is 92.1 Å². The van der Waals surface area contributed by atoms with Crippen LogP contribution in [0.2, 0.25) is 6.82 Å². The van der Waals surface area contributed by atoms with Gasteiger partial charge in [0.15, 0.2) is 52.4 Å². The van der Waals surface area contributed by atoms with Crippen molar-refractivity contribution in [3.63, 3.8) is 0 Å². The predicted octanol–water partition coefficient (Wildman–Crippen LogP) is 12.6. The molecule has 0 bridgehead atoms. The van der Waals surface area contributed by atoms with Crippen molar-refractivity contribution in [1.29, 1.82) is 0 Å². The van der Waals surface area contributed by atoms with Crippen LogP contribution in [0.3, 0.4) is 0 Å². The molecule has 11 radical (unpaired) electrons. The summed E-state index contributed by atoms with van der Waals surface area (Å²) in [6.45, 7) is 26.9. The fraction of sp³-hybridized carbons (Fsp3) is 0.378. The molecular formula is C45H45BF15Zr+2. The molecule has 0 aliphatic heterocycles. The Bertz CT molecular complexity index is 1770. The maximum absolute atomic E-state index is 14.6. The summed E-state index contributed by atoms with van der Waals surface area (Å²) in [5.41, 5.74) is -6.77. The third-order valence-electron chi connectivity index (χ3n) is 10.4. The molecule has 0 atom stereocenters. The minimum atomic E-state index is -5.41. The Morgan fingerprint density at radius 3 is 0.516 bits per heavy atom. The summed E-state index contributed by atoms with van der Waals surface area (Å²) in [4.78, 5) is 0. The third-order valence-corrected chi connectivity index (χ3v) is 10.4. The molecule has 2 saturated carbocycles. The smallest absolute Gasteiger partial charge is 0.207 e. The monoisotopic (exact) mass is 971 g/mol. The Kier molecular flexibility index (Phi) is 17.6. The second-order valence-electron chi connectivity index (χ2n) is 19.0. The SMILES string of the molecule is CC(C)(C)[C]1[CH][CH][C](C(C)(C)C)[CH]1.CC(C)(C)[C]1[CH][CH][C](C(C)(C)C)[CH]1.C[B-](c1c(F)c(F)c(F)c(F)c1F)(c1c(F)c(F)c(F)c(F)c1F)c1c(F)c(F)c(F)c(F)c1F.[Zr+3]. The van der Waals surface area contributed by atoms with E-state index in [2.05, 4.69) is 122 Å². The molecule has 2 aliphatic carbocycles. The summed E-state index contributed by atoms with van der Waals surface area (Å²) in [6.07, 6.45) is 8.26. The summed E-state index contributed by atoms with van der Waals surface area (Å²) in [5, 5.41) is 0. The van der Waals surface area contributed by atoms with Crippen molar-refractivity contribution in [2.45, 2.75) is 89.9 Å². The minimum Gasteiger partial charge on any atom is -0.207 e. The summed E-state index contributed by atoms with van der Waals surface area (Å²) in [5.74, 6) is -39.3. The van der Waals surface area contributed by atoms with Crippen molar-refractivity contribution in [2.24, 2.45) is 21.7 Å². The van der Waals surface area contributed by atoms with Gasteiger partial charge < -0.3 is 0 Å². The maximum Gasteiger partial charge on any atom is 3.00 e. The topological polar surface area (TPSA) is 0 Å². The Hall–Kier alpha value is -2.44. The van der Waals surface area contributed by atoms with Crippen molar-refractivity contribution in [1.82, 2.24) is 0 Å². The summed E-state index contributed by atoms with van der Waals surface area (Å²) < 4.78 is 212. The van der Waals surface area contributed by atoms with E-state index in [1.807, 2.05) is 0 Å². The first kappa shape index (κ1) is 55.7. The van der Waals surface area contributed by atoms with Crippen molar-refractivity contribution in [3.05, 3.63) is 149 Å². The van der Waals surface area contributed by atoms with Crippen molar-refractivity contribution in [2.75, 3.05) is 0 Å². The third kappa shape index (κ3) is 11.0. The van der Waals surface area contributed by atoms with Crippen LogP contribution in [0.15, 0.2) is 0 Å². The number of rotatable bonds is 3. The van der Waals surface area contributed by atoms with E-state index in [0.29, 0.717) is 0 Å². The zero-order valence-corrected chi connectivity index (χ0v) is 38.7. The van der Waals surface area contributed by atoms with E-state index in [0.717, 1.165) is 0 Å². The van der Waals surface area contributed by atoms with Crippen LogP contribution in [0.5, 0.6) is 0 Å². The second kappa shape index (κ2) is 19.6. The first-order valence-corrected chi connectivity index (χ1v) is 18.8. The maximum atomic E-state index is 14.6. The second-order valence-corrected chi connectivity index (χ2v) is 19.0. The molecule has 5 rings (SSSR count). The van der Waals surface area contributed by atoms with E-state index < -0.39 is 110 Å². The van der Waals surface area contributed by atoms with Crippen molar-refractivity contribution in [3.8, 4) is 0 Å². The van der Waals surface area contributed by atoms with E-state index in [1.54, 1.807) is 0 Å². The van der Waals surface area contributed by atoms with Gasteiger partial charge in [0.2, 0.25) is 0 Å². The molecule has 0 spiro atoms. The largest absolute Gasteiger partial charge is 3.00 e. The van der Waals surface area contributed by atoms with Crippen LogP contribution in [0.4, 0.5) is 65.9 Å². The number of hydrogen-bond donors (Lipinski definition) is 0. The molecule has 0 nitrogen and oxygen atoms in total. The number of halogens is 15. The van der Waals surface area contributed by atoms with E-state index in [9.17, 15) is 65.9 Å². The van der Waals surface area contributed by atoms with E-state index in [1.165, 1.54) is 23.7 Å². The molecule has 2 aliphatic rings. The first-order chi connectivity index (χ1) is 27.4. The fourth-order valence-corrected chi connectivity index (χ4v) is 6.57. The van der Waals surface area contributed by atoms with Gasteiger partial charge in [0.05, 0.1) is 0 Å². The molecule has 0 heterocycles. The van der Waals surface area contributed by atoms with Crippen LogP contribution in [-0.4, -0.2) is 6.15 Å². The normalized spacial score (nSPS) is 16.3. The molecule has 62 heavy (non-hydrogen) atoms. The molecular weight excluding hydrogens is 928 g/mol. The van der Waals surface area contributed by atoms with Gasteiger partial charge in [-0.3, -0.25) is 0 Å². The van der Waals surface area contributed by atoms with Crippen molar-refractivity contribution >= 4 is 22.5 Å². The van der Waals surface area contributed by atoms with Crippen LogP contribution in [0, 0.1) is 171 Å². The molecule has 2 fully saturated rings. The molecule has 3 aromatic carbocycles. The fourth-order valence-electron chi connectivity index (χ4n) is 6.57. The Labute approximate surface area is 374 Å². The molecule has 0 amide bonds. The molecule has 3 aromatic rings. The van der Waals surface area contributed by atoms with E-state index in [4.69, 9.17) is 0 Å². The zero-order valence-electron chi connectivity index (χ0n) is 36.2. The summed E-state index contributed by atoms with van der Waals surface area (Å²) in [7, 11) is 0. The molecule has 335 valence electrons. The molecule has 0 aromatic heterocycles. The van der Waals surface area contributed by atoms with Crippen LogP contribution >= 0.6 is 0 Å². The average Bonchev–Trinajstić information content (AvgIpc) is 3.86. The molecule has 0 N–H and O–H groups in total. The van der Waals surface area contributed by atoms with Gasteiger partial charge in [0, 0.05) is 0 Å². The van der Waals surface area contributed by atoms with Crippen LogP contribution in [0.25, 0.3) is 0 Å². The molecule has 0 unspecified atom stereocenters. The minimum absolute atomic E-state index is 0. The average molecular weight is 973 g/mol. The number of hydrogen-bond acceptors (Lipinski definition) is 0. The van der Waals surface area contributed by atoms with Gasteiger partial charge in [0.1, 0.15) is 41.0 Å². The Balaban J connectivity index is 0.000000399. The van der Waals surface area contributed by atoms with Crippen LogP contribution in [-0.2, 0) is 26.2 Å². The van der Waals surface area contributed by atoms with Gasteiger partial charge in [-0.15, -0.1) is 16.4 Å². The van der Waals surface area contributed by atoms with Gasteiger partial charge in [-0.2, -0.15) is 6.82 Å². The standard InChI is InChI=1S/C19H3BF15.2C13H21.Zr/c1-20(2-5(21)11(27)17(33)12(28)6(2)22,3-7(23)13(29)18(34)14(30)8(3)24)4-9(25)15(31)19(35)16(32)10(4)26;2*1-12(2,3)10-7-8-11(9-10)13(4,5)6;/h1H3;2*7-9H,1-6H3;/q-1;;;+3. The van der Waals surface area contributed by atoms with E-state index >= 15 is 0 Å². The Morgan fingerprint density at radius 1 is 0.274 bits per heavy atom. The quantitative estimate of drug-likeness (QED) is 0.106. The predicted molar refractivity (Wildman–Crippen MR) is 206 cm³/mol. The van der Waals surface area contributed by atoms with Gasteiger partial charge >= 0.3 is 26.2 Å². The summed E-state index contributed by atoms with van der Waals surface area (Å²) in [6, 6.07) is 0. The Morgan fingerprint density at radius 2 is 0.403 bits per heavy atom. The molecule has 0 saturated heterocycles.